The second-order valence-corrected chi connectivity index (χ2v) is 4.63. The molecule has 0 atom stereocenters. The van der Waals surface area contributed by atoms with Gasteiger partial charge in [-0.3, -0.25) is 0 Å². The molecule has 0 fully saturated rings. The molecule has 0 amide bonds. The predicted molar refractivity (Wildman–Crippen MR) is 60.3 cm³/mol. The molecule has 1 aromatic carbocycles. The van der Waals surface area contributed by atoms with Gasteiger partial charge in [-0.15, -0.1) is 24.0 Å². The van der Waals surface area contributed by atoms with Crippen molar-refractivity contribution in [1.82, 2.24) is 0 Å². The van der Waals surface area contributed by atoms with Gasteiger partial charge in [0.1, 0.15) is 11.8 Å². The third-order valence-electron chi connectivity index (χ3n) is 1.93. The Morgan fingerprint density at radius 1 is 1.43 bits per heavy atom. The fourth-order valence-electron chi connectivity index (χ4n) is 1.31. The average molecular weight is 221 g/mol. The highest BCUT2D eigenvalue weighted by Gasteiger charge is 2.07. The van der Waals surface area contributed by atoms with Crippen LogP contribution in [0, 0.1) is 11.3 Å². The maximum Gasteiger partial charge on any atom is 0.120 e. The Labute approximate surface area is 91.1 Å². The number of ether oxygens (including phenoxy) is 1. The van der Waals surface area contributed by atoms with Crippen molar-refractivity contribution in [2.75, 3.05) is 7.11 Å². The minimum absolute atomic E-state index is 0.643. The number of nitriles is 1. The number of methoxy groups -OCH3 is 1. The summed E-state index contributed by atoms with van der Waals surface area (Å²) in [5.74, 6) is 0.709. The number of thiol groups is 1. The summed E-state index contributed by atoms with van der Waals surface area (Å²) in [6.45, 7) is 0. The molecule has 70 valence electrons. The summed E-state index contributed by atoms with van der Waals surface area (Å²) in [7, 11) is 1.59. The lowest BCUT2D eigenvalue weighted by molar-refractivity contribution is 0.415. The molecule has 0 saturated carbocycles. The Hall–Kier alpha value is -1.18. The molecule has 0 saturated heterocycles. The summed E-state index contributed by atoms with van der Waals surface area (Å²) in [5, 5.41) is 9.95. The first-order valence-electron chi connectivity index (χ1n) is 3.95. The Morgan fingerprint density at radius 2 is 2.21 bits per heavy atom. The molecule has 0 aliphatic heterocycles. The van der Waals surface area contributed by atoms with E-state index in [1.807, 2.05) is 12.1 Å². The highest BCUT2D eigenvalue weighted by molar-refractivity contribution is 7.83. The number of hydrogen-bond donors (Lipinski definition) is 1. The molecular formula is C10H7NOS2. The van der Waals surface area contributed by atoms with E-state index in [-0.39, 0.29) is 0 Å². The van der Waals surface area contributed by atoms with Crippen molar-refractivity contribution in [3.05, 3.63) is 23.8 Å². The van der Waals surface area contributed by atoms with Gasteiger partial charge in [0, 0.05) is 0 Å². The molecule has 14 heavy (non-hydrogen) atoms. The molecule has 4 heteroatoms. The first-order chi connectivity index (χ1) is 6.74. The third kappa shape index (κ3) is 1.45. The monoisotopic (exact) mass is 221 g/mol. The van der Waals surface area contributed by atoms with Gasteiger partial charge >= 0.3 is 0 Å². The molecule has 0 bridgehead atoms. The Balaban J connectivity index is 2.80. The second-order valence-electron chi connectivity index (χ2n) is 2.79. The van der Waals surface area contributed by atoms with E-state index in [0.29, 0.717) is 11.3 Å². The largest absolute Gasteiger partial charge is 0.497 e. The van der Waals surface area contributed by atoms with Crippen LogP contribution in [-0.2, 0) is 0 Å². The summed E-state index contributed by atoms with van der Waals surface area (Å²) < 4.78 is 6.98. The zero-order chi connectivity index (χ0) is 10.1. The maximum absolute atomic E-state index is 8.94. The fraction of sp³-hybridized carbons (Fsp3) is 0.100. The molecule has 0 aliphatic rings. The number of rotatable bonds is 1. The van der Waals surface area contributed by atoms with Gasteiger partial charge in [-0.1, -0.05) is 0 Å². The van der Waals surface area contributed by atoms with E-state index in [0.717, 1.165) is 14.3 Å². The lowest BCUT2D eigenvalue weighted by Gasteiger charge is -2.00. The van der Waals surface area contributed by atoms with Crippen molar-refractivity contribution < 1.29 is 4.74 Å². The summed E-state index contributed by atoms with van der Waals surface area (Å²) >= 11 is 5.77. The van der Waals surface area contributed by atoms with Crippen LogP contribution in [0.1, 0.15) is 5.56 Å². The number of benzene rings is 1. The van der Waals surface area contributed by atoms with E-state index in [9.17, 15) is 0 Å². The lowest BCUT2D eigenvalue weighted by atomic mass is 10.2. The lowest BCUT2D eigenvalue weighted by Crippen LogP contribution is -1.83. The molecule has 2 aromatic rings. The summed E-state index contributed by atoms with van der Waals surface area (Å²) in [5.41, 5.74) is 0.643. The van der Waals surface area contributed by atoms with Crippen LogP contribution in [0.4, 0.5) is 0 Å². The van der Waals surface area contributed by atoms with Crippen LogP contribution in [0.2, 0.25) is 0 Å². The van der Waals surface area contributed by atoms with Gasteiger partial charge in [0.15, 0.2) is 0 Å². The third-order valence-corrected chi connectivity index (χ3v) is 3.32. The van der Waals surface area contributed by atoms with Crippen LogP contribution >= 0.6 is 24.0 Å². The van der Waals surface area contributed by atoms with Crippen molar-refractivity contribution in [1.29, 1.82) is 5.26 Å². The Morgan fingerprint density at radius 3 is 2.86 bits per heavy atom. The predicted octanol–water partition coefficient (Wildman–Crippen LogP) is 3.07. The van der Waals surface area contributed by atoms with E-state index in [1.54, 1.807) is 13.2 Å². The molecule has 0 spiro atoms. The quantitative estimate of drug-likeness (QED) is 0.751. The molecular weight excluding hydrogens is 214 g/mol. The zero-order valence-electron chi connectivity index (χ0n) is 7.44. The van der Waals surface area contributed by atoms with Crippen molar-refractivity contribution >= 4 is 34.1 Å². The molecule has 1 aromatic heterocycles. The number of fused-ring (bicyclic) bond motifs is 1. The van der Waals surface area contributed by atoms with Gasteiger partial charge in [-0.05, 0) is 23.6 Å². The molecule has 2 nitrogen and oxygen atoms in total. The van der Waals surface area contributed by atoms with Gasteiger partial charge < -0.3 is 4.74 Å². The topological polar surface area (TPSA) is 33.0 Å². The van der Waals surface area contributed by atoms with Crippen molar-refractivity contribution in [3.63, 3.8) is 0 Å². The molecule has 0 N–H and O–H groups in total. The van der Waals surface area contributed by atoms with Crippen molar-refractivity contribution in [2.24, 2.45) is 0 Å². The zero-order valence-corrected chi connectivity index (χ0v) is 9.15. The summed E-state index contributed by atoms with van der Waals surface area (Å²) in [6.07, 6.45) is 0. The summed E-state index contributed by atoms with van der Waals surface area (Å²) in [6, 6.07) is 7.74. The fourth-order valence-corrected chi connectivity index (χ4v) is 2.57. The molecule has 1 heterocycles. The number of thiophene rings is 1. The van der Waals surface area contributed by atoms with Crippen molar-refractivity contribution in [2.45, 2.75) is 4.21 Å². The molecule has 2 rings (SSSR count). The van der Waals surface area contributed by atoms with E-state index >= 15 is 0 Å². The minimum atomic E-state index is 0.643. The van der Waals surface area contributed by atoms with Crippen LogP contribution in [0.25, 0.3) is 10.1 Å². The normalized spacial score (nSPS) is 10.1. The van der Waals surface area contributed by atoms with Crippen molar-refractivity contribution in [3.8, 4) is 11.8 Å². The van der Waals surface area contributed by atoms with E-state index in [4.69, 9.17) is 10.00 Å². The van der Waals surface area contributed by atoms with Gasteiger partial charge in [0.25, 0.3) is 0 Å². The standard InChI is InChI=1S/C10H7NOS2/c1-12-8-2-6-4-9(13)14-10(6)7(3-8)5-11/h2-4,13H,1H3. The number of nitrogens with zero attached hydrogens (tertiary/aromatic N) is 1. The molecule has 0 aliphatic carbocycles. The van der Waals surface area contributed by atoms with Crippen LogP contribution in [0.3, 0.4) is 0 Å². The highest BCUT2D eigenvalue weighted by atomic mass is 32.2. The molecule has 0 radical (unpaired) electrons. The molecule has 0 unspecified atom stereocenters. The Kier molecular flexibility index (Phi) is 2.36. The van der Waals surface area contributed by atoms with E-state index in [2.05, 4.69) is 18.7 Å². The SMILES string of the molecule is COc1cc(C#N)c2sc(S)cc2c1. The Bertz CT molecular complexity index is 525. The van der Waals surface area contributed by atoms with Gasteiger partial charge in [0.05, 0.1) is 21.6 Å². The van der Waals surface area contributed by atoms with Crippen LogP contribution in [0.5, 0.6) is 5.75 Å². The summed E-state index contributed by atoms with van der Waals surface area (Å²) in [4.78, 5) is 0. The number of hydrogen-bond acceptors (Lipinski definition) is 4. The maximum atomic E-state index is 8.94. The minimum Gasteiger partial charge on any atom is -0.497 e. The first-order valence-corrected chi connectivity index (χ1v) is 5.21. The average Bonchev–Trinajstić information content (AvgIpc) is 2.56. The van der Waals surface area contributed by atoms with Gasteiger partial charge in [-0.2, -0.15) is 5.26 Å². The van der Waals surface area contributed by atoms with E-state index in [1.165, 1.54) is 11.3 Å². The van der Waals surface area contributed by atoms with Gasteiger partial charge in [0.2, 0.25) is 0 Å². The van der Waals surface area contributed by atoms with Gasteiger partial charge in [-0.25, -0.2) is 0 Å². The smallest absolute Gasteiger partial charge is 0.120 e. The van der Waals surface area contributed by atoms with E-state index < -0.39 is 0 Å². The van der Waals surface area contributed by atoms with Crippen LogP contribution < -0.4 is 4.74 Å². The first kappa shape index (κ1) is 9.38. The van der Waals surface area contributed by atoms with Crippen LogP contribution in [0.15, 0.2) is 22.4 Å². The second kappa shape index (κ2) is 3.52. The highest BCUT2D eigenvalue weighted by Crippen LogP contribution is 2.33. The van der Waals surface area contributed by atoms with Crippen LogP contribution in [-0.4, -0.2) is 7.11 Å².